The molecule has 2 aromatic heterocycles. The molecule has 4 rings (SSSR count). The molecule has 0 spiro atoms. The van der Waals surface area contributed by atoms with Crippen LogP contribution in [0.4, 0.5) is 5.82 Å². The number of aliphatic hydroxyl groups is 3. The number of anilines is 1. The molecule has 1 aliphatic heterocycles. The number of ether oxygens (including phenoxy) is 1. The van der Waals surface area contributed by atoms with Crippen LogP contribution >= 0.6 is 11.6 Å². The van der Waals surface area contributed by atoms with E-state index in [4.69, 9.17) is 16.3 Å². The molecule has 9 nitrogen and oxygen atoms in total. The number of nitrogens with zero attached hydrogens (tertiary/aromatic N) is 4. The van der Waals surface area contributed by atoms with Crippen molar-refractivity contribution in [2.24, 2.45) is 0 Å². The van der Waals surface area contributed by atoms with Gasteiger partial charge in [-0.15, -0.1) is 0 Å². The monoisotopic (exact) mass is 405 g/mol. The number of halogens is 1. The van der Waals surface area contributed by atoms with Gasteiger partial charge in [-0.3, -0.25) is 4.57 Å². The Morgan fingerprint density at radius 2 is 1.93 bits per heavy atom. The van der Waals surface area contributed by atoms with Gasteiger partial charge in [0, 0.05) is 5.02 Å². The number of aromatic nitrogens is 4. The molecule has 0 saturated carbocycles. The number of hydrogen-bond acceptors (Lipinski definition) is 8. The molecule has 148 valence electrons. The van der Waals surface area contributed by atoms with E-state index in [0.29, 0.717) is 22.0 Å². The van der Waals surface area contributed by atoms with Crippen LogP contribution in [0.3, 0.4) is 0 Å². The Bertz CT molecular complexity index is 966. The highest BCUT2D eigenvalue weighted by Crippen LogP contribution is 2.32. The van der Waals surface area contributed by atoms with Crippen molar-refractivity contribution < 1.29 is 20.1 Å². The first kappa shape index (κ1) is 19.0. The van der Waals surface area contributed by atoms with Crippen LogP contribution in [-0.2, 0) is 4.74 Å². The number of benzene rings is 1. The van der Waals surface area contributed by atoms with Crippen LogP contribution in [0, 0.1) is 0 Å². The second-order valence-electron chi connectivity index (χ2n) is 6.69. The largest absolute Gasteiger partial charge is 0.394 e. The van der Waals surface area contributed by atoms with Crippen molar-refractivity contribution in [2.45, 2.75) is 37.5 Å². The molecule has 28 heavy (non-hydrogen) atoms. The van der Waals surface area contributed by atoms with Gasteiger partial charge in [-0.05, 0) is 24.6 Å². The minimum absolute atomic E-state index is 0.0607. The summed E-state index contributed by atoms with van der Waals surface area (Å²) in [5.41, 5.74) is 1.97. The summed E-state index contributed by atoms with van der Waals surface area (Å²) in [6, 6.07) is 7.43. The predicted molar refractivity (Wildman–Crippen MR) is 102 cm³/mol. The van der Waals surface area contributed by atoms with E-state index in [0.717, 1.165) is 5.56 Å². The second-order valence-corrected chi connectivity index (χ2v) is 7.13. The maximum atomic E-state index is 10.3. The first-order chi connectivity index (χ1) is 13.5. The summed E-state index contributed by atoms with van der Waals surface area (Å²) in [6.45, 7) is 1.59. The van der Waals surface area contributed by atoms with Gasteiger partial charge in [0.1, 0.15) is 24.6 Å². The van der Waals surface area contributed by atoms with Gasteiger partial charge in [-0.2, -0.15) is 0 Å². The highest BCUT2D eigenvalue weighted by molar-refractivity contribution is 6.30. The first-order valence-corrected chi connectivity index (χ1v) is 9.19. The van der Waals surface area contributed by atoms with Crippen LogP contribution in [0.25, 0.3) is 11.2 Å². The Balaban J connectivity index is 1.63. The van der Waals surface area contributed by atoms with Gasteiger partial charge in [0.2, 0.25) is 0 Å². The van der Waals surface area contributed by atoms with Gasteiger partial charge in [0.15, 0.2) is 23.2 Å². The van der Waals surface area contributed by atoms with E-state index in [9.17, 15) is 15.3 Å². The smallest absolute Gasteiger partial charge is 0.167 e. The van der Waals surface area contributed by atoms with Crippen LogP contribution in [0.1, 0.15) is 24.8 Å². The fourth-order valence-electron chi connectivity index (χ4n) is 3.29. The topological polar surface area (TPSA) is 126 Å². The molecule has 0 bridgehead atoms. The summed E-state index contributed by atoms with van der Waals surface area (Å²) >= 11 is 5.94. The summed E-state index contributed by atoms with van der Waals surface area (Å²) in [7, 11) is 0. The predicted octanol–water partition coefficient (Wildman–Crippen LogP) is 1.26. The first-order valence-electron chi connectivity index (χ1n) is 8.81. The fourth-order valence-corrected chi connectivity index (χ4v) is 3.42. The molecule has 1 aliphatic rings. The lowest BCUT2D eigenvalue weighted by Crippen LogP contribution is -2.33. The fraction of sp³-hybridized carbons (Fsp3) is 0.389. The van der Waals surface area contributed by atoms with Crippen LogP contribution in [0.2, 0.25) is 5.02 Å². The van der Waals surface area contributed by atoms with E-state index < -0.39 is 31.1 Å². The summed E-state index contributed by atoms with van der Waals surface area (Å²) in [4.78, 5) is 12.9. The van der Waals surface area contributed by atoms with Crippen LogP contribution in [0.15, 0.2) is 36.9 Å². The summed E-state index contributed by atoms with van der Waals surface area (Å²) in [5, 5.41) is 33.5. The third-order valence-corrected chi connectivity index (χ3v) is 5.13. The normalized spacial score (nSPS) is 25.9. The van der Waals surface area contributed by atoms with Gasteiger partial charge >= 0.3 is 0 Å². The quantitative estimate of drug-likeness (QED) is 0.500. The van der Waals surface area contributed by atoms with Crippen molar-refractivity contribution in [2.75, 3.05) is 11.9 Å². The van der Waals surface area contributed by atoms with Crippen LogP contribution < -0.4 is 5.32 Å². The van der Waals surface area contributed by atoms with Gasteiger partial charge in [0.25, 0.3) is 0 Å². The molecule has 3 heterocycles. The average molecular weight is 406 g/mol. The molecule has 4 N–H and O–H groups in total. The van der Waals surface area contributed by atoms with E-state index >= 15 is 0 Å². The van der Waals surface area contributed by atoms with E-state index in [1.165, 1.54) is 17.2 Å². The number of nitrogens with one attached hydrogen (secondary N) is 1. The minimum Gasteiger partial charge on any atom is -0.394 e. The molecule has 1 aromatic carbocycles. The van der Waals surface area contributed by atoms with E-state index in [1.807, 2.05) is 31.2 Å². The molecular formula is C18H20ClN5O4. The van der Waals surface area contributed by atoms with Crippen molar-refractivity contribution in [3.63, 3.8) is 0 Å². The van der Waals surface area contributed by atoms with E-state index in [-0.39, 0.29) is 6.04 Å². The third kappa shape index (κ3) is 3.31. The molecule has 1 unspecified atom stereocenters. The standard InChI is InChI=1S/C18H20ClN5O4/c1-9(10-2-4-11(19)5-3-10)23-16-13-17(21-7-20-16)24(8-22-13)18-15(27)14(26)12(6-25)28-18/h2-5,7-9,12,14-15,18,25-27H,6H2,1H3,(H,20,21,23)/t9-,12-,14?,15+,18-/m1/s1. The van der Waals surface area contributed by atoms with Crippen molar-refractivity contribution in [1.82, 2.24) is 19.5 Å². The zero-order valence-electron chi connectivity index (χ0n) is 15.0. The highest BCUT2D eigenvalue weighted by atomic mass is 35.5. The second kappa shape index (κ2) is 7.61. The number of imidazole rings is 1. The number of hydrogen-bond donors (Lipinski definition) is 4. The van der Waals surface area contributed by atoms with E-state index in [1.54, 1.807) is 0 Å². The SMILES string of the molecule is C[C@@H](Nc1ncnc2c1ncn2[C@@H]1O[C@H](CO)C(O)[C@@H]1O)c1ccc(Cl)cc1. The molecule has 0 aliphatic carbocycles. The van der Waals surface area contributed by atoms with Crippen molar-refractivity contribution in [3.05, 3.63) is 47.5 Å². The number of rotatable bonds is 5. The molecule has 0 amide bonds. The average Bonchev–Trinajstić information content (AvgIpc) is 3.24. The van der Waals surface area contributed by atoms with Crippen molar-refractivity contribution in [3.8, 4) is 0 Å². The Hall–Kier alpha value is -2.30. The number of fused-ring (bicyclic) bond motifs is 1. The molecule has 10 heteroatoms. The minimum atomic E-state index is -1.21. The molecule has 1 fully saturated rings. The maximum Gasteiger partial charge on any atom is 0.167 e. The molecule has 1 saturated heterocycles. The summed E-state index contributed by atoms with van der Waals surface area (Å²) in [5.74, 6) is 0.526. The van der Waals surface area contributed by atoms with E-state index in [2.05, 4.69) is 20.3 Å². The van der Waals surface area contributed by atoms with Gasteiger partial charge < -0.3 is 25.4 Å². The summed E-state index contributed by atoms with van der Waals surface area (Å²) < 4.78 is 7.10. The highest BCUT2D eigenvalue weighted by Gasteiger charge is 2.44. The van der Waals surface area contributed by atoms with Gasteiger partial charge in [-0.25, -0.2) is 15.0 Å². The van der Waals surface area contributed by atoms with Gasteiger partial charge in [-0.1, -0.05) is 23.7 Å². The lowest BCUT2D eigenvalue weighted by molar-refractivity contribution is -0.0511. The lowest BCUT2D eigenvalue weighted by atomic mass is 10.1. The molecule has 3 aromatic rings. The van der Waals surface area contributed by atoms with Crippen molar-refractivity contribution in [1.29, 1.82) is 0 Å². The Kier molecular flexibility index (Phi) is 5.17. The van der Waals surface area contributed by atoms with Crippen molar-refractivity contribution >= 4 is 28.6 Å². The van der Waals surface area contributed by atoms with Crippen LogP contribution in [0.5, 0.6) is 0 Å². The lowest BCUT2D eigenvalue weighted by Gasteiger charge is -2.17. The zero-order chi connectivity index (χ0) is 19.8. The Morgan fingerprint density at radius 3 is 2.61 bits per heavy atom. The zero-order valence-corrected chi connectivity index (χ0v) is 15.7. The Morgan fingerprint density at radius 1 is 1.18 bits per heavy atom. The molecule has 5 atom stereocenters. The molecular weight excluding hydrogens is 386 g/mol. The Labute approximate surface area is 165 Å². The maximum absolute atomic E-state index is 10.3. The third-order valence-electron chi connectivity index (χ3n) is 4.87. The summed E-state index contributed by atoms with van der Waals surface area (Å²) in [6.07, 6.45) is -1.34. The van der Waals surface area contributed by atoms with Gasteiger partial charge in [0.05, 0.1) is 19.0 Å². The molecule has 0 radical (unpaired) electrons. The van der Waals surface area contributed by atoms with Crippen LogP contribution in [-0.4, -0.2) is 59.8 Å². The number of aliphatic hydroxyl groups excluding tert-OH is 3.